The molecule has 0 saturated carbocycles. The third kappa shape index (κ3) is 4.54. The summed E-state index contributed by atoms with van der Waals surface area (Å²) in [7, 11) is 0. The number of amides is 1. The van der Waals surface area contributed by atoms with E-state index in [0.29, 0.717) is 25.6 Å². The van der Waals surface area contributed by atoms with Crippen LogP contribution in [0.5, 0.6) is 0 Å². The molecule has 2 heterocycles. The second kappa shape index (κ2) is 8.76. The summed E-state index contributed by atoms with van der Waals surface area (Å²) in [6.07, 6.45) is 0.967. The van der Waals surface area contributed by atoms with Gasteiger partial charge >= 0.3 is 6.09 Å². The highest BCUT2D eigenvalue weighted by Gasteiger charge is 2.28. The van der Waals surface area contributed by atoms with Crippen molar-refractivity contribution >= 4 is 6.09 Å². The molecule has 0 spiro atoms. The predicted octanol–water partition coefficient (Wildman–Crippen LogP) is 3.03. The minimum absolute atomic E-state index is 0.0451. The first-order chi connectivity index (χ1) is 13.7. The summed E-state index contributed by atoms with van der Waals surface area (Å²) in [5.41, 5.74) is 3.98. The van der Waals surface area contributed by atoms with Gasteiger partial charge in [0, 0.05) is 38.6 Å². The Morgan fingerprint density at radius 3 is 2.64 bits per heavy atom. The fourth-order valence-electron chi connectivity index (χ4n) is 4.24. The fraction of sp³-hybridized carbons (Fsp3) is 0.435. The summed E-state index contributed by atoms with van der Waals surface area (Å²) in [5, 5.41) is 10.3. The van der Waals surface area contributed by atoms with Crippen molar-refractivity contribution in [2.24, 2.45) is 0 Å². The van der Waals surface area contributed by atoms with E-state index in [4.69, 9.17) is 4.74 Å². The summed E-state index contributed by atoms with van der Waals surface area (Å²) in [6.45, 7) is 3.72. The number of ether oxygens (including phenoxy) is 1. The number of aliphatic hydroxyl groups excluding tert-OH is 1. The van der Waals surface area contributed by atoms with Crippen molar-refractivity contribution in [2.75, 3.05) is 32.8 Å². The molecular formula is C23H28N2O3. The second-order valence-corrected chi connectivity index (χ2v) is 7.83. The van der Waals surface area contributed by atoms with Crippen molar-refractivity contribution < 1.29 is 14.6 Å². The first-order valence-electron chi connectivity index (χ1n) is 10.1. The average molecular weight is 380 g/mol. The fourth-order valence-corrected chi connectivity index (χ4v) is 4.24. The molecule has 2 aliphatic rings. The van der Waals surface area contributed by atoms with Crippen LogP contribution in [0.2, 0.25) is 0 Å². The van der Waals surface area contributed by atoms with Gasteiger partial charge in [-0.2, -0.15) is 0 Å². The van der Waals surface area contributed by atoms with E-state index >= 15 is 0 Å². The first kappa shape index (κ1) is 19.0. The Bertz CT molecular complexity index is 795. The van der Waals surface area contributed by atoms with Crippen molar-refractivity contribution in [1.82, 2.24) is 9.80 Å². The number of hydrogen-bond donors (Lipinski definition) is 1. The highest BCUT2D eigenvalue weighted by atomic mass is 16.6. The summed E-state index contributed by atoms with van der Waals surface area (Å²) in [4.78, 5) is 16.3. The highest BCUT2D eigenvalue weighted by molar-refractivity contribution is 5.68. The lowest BCUT2D eigenvalue weighted by Crippen LogP contribution is -2.39. The van der Waals surface area contributed by atoms with Gasteiger partial charge in [-0.3, -0.25) is 4.90 Å². The van der Waals surface area contributed by atoms with E-state index < -0.39 is 6.10 Å². The monoisotopic (exact) mass is 380 g/mol. The molecule has 4 rings (SSSR count). The van der Waals surface area contributed by atoms with Crippen LogP contribution >= 0.6 is 0 Å². The van der Waals surface area contributed by atoms with Gasteiger partial charge in [-0.05, 0) is 29.5 Å². The van der Waals surface area contributed by atoms with Crippen LogP contribution in [-0.4, -0.2) is 59.9 Å². The van der Waals surface area contributed by atoms with Crippen LogP contribution in [0.4, 0.5) is 4.79 Å². The van der Waals surface area contributed by atoms with Gasteiger partial charge < -0.3 is 14.7 Å². The van der Waals surface area contributed by atoms with Crippen molar-refractivity contribution in [1.29, 1.82) is 0 Å². The van der Waals surface area contributed by atoms with E-state index in [1.54, 1.807) is 4.90 Å². The molecule has 0 bridgehead atoms. The van der Waals surface area contributed by atoms with Crippen LogP contribution in [-0.2, 0) is 17.7 Å². The molecule has 1 saturated heterocycles. The Morgan fingerprint density at radius 2 is 1.82 bits per heavy atom. The maximum absolute atomic E-state index is 12.4. The Morgan fingerprint density at radius 1 is 1.07 bits per heavy atom. The van der Waals surface area contributed by atoms with E-state index in [0.717, 1.165) is 25.9 Å². The van der Waals surface area contributed by atoms with Gasteiger partial charge in [-0.1, -0.05) is 54.6 Å². The molecule has 1 N–H and O–H groups in total. The summed E-state index contributed by atoms with van der Waals surface area (Å²) >= 11 is 0. The highest BCUT2D eigenvalue weighted by Crippen LogP contribution is 2.27. The first-order valence-corrected chi connectivity index (χ1v) is 10.1. The van der Waals surface area contributed by atoms with Crippen molar-refractivity contribution in [3.8, 4) is 0 Å². The molecule has 0 radical (unpaired) electrons. The summed E-state index contributed by atoms with van der Waals surface area (Å²) in [6, 6.07) is 18.7. The zero-order valence-corrected chi connectivity index (χ0v) is 16.2. The smallest absolute Gasteiger partial charge is 0.409 e. The van der Waals surface area contributed by atoms with E-state index in [1.165, 1.54) is 16.7 Å². The molecule has 5 nitrogen and oxygen atoms in total. The molecule has 0 aliphatic carbocycles. The Kier molecular flexibility index (Phi) is 5.93. The second-order valence-electron chi connectivity index (χ2n) is 7.83. The van der Waals surface area contributed by atoms with Crippen LogP contribution < -0.4 is 0 Å². The predicted molar refractivity (Wildman–Crippen MR) is 108 cm³/mol. The largest absolute Gasteiger partial charge is 0.447 e. The van der Waals surface area contributed by atoms with E-state index in [1.807, 2.05) is 18.2 Å². The van der Waals surface area contributed by atoms with Gasteiger partial charge in [0.2, 0.25) is 0 Å². The number of hydrogen-bond acceptors (Lipinski definition) is 4. The molecule has 1 amide bonds. The molecule has 2 aromatic rings. The Balaban J connectivity index is 1.21. The topological polar surface area (TPSA) is 53.0 Å². The van der Waals surface area contributed by atoms with Gasteiger partial charge in [0.05, 0.1) is 0 Å². The molecule has 148 valence electrons. The lowest BCUT2D eigenvalue weighted by atomic mass is 9.99. The molecular weight excluding hydrogens is 352 g/mol. The number of carbonyl (C=O) groups excluding carboxylic acids is 1. The SMILES string of the molecule is O=C(OCC(O)CN1CCc2ccccc2C1)N1CCC(c2ccccc2)C1. The zero-order valence-electron chi connectivity index (χ0n) is 16.2. The number of carbonyl (C=O) groups is 1. The van der Waals surface area contributed by atoms with Gasteiger partial charge in [0.1, 0.15) is 12.7 Å². The molecule has 2 atom stereocenters. The van der Waals surface area contributed by atoms with Crippen LogP contribution in [0.1, 0.15) is 29.0 Å². The van der Waals surface area contributed by atoms with Crippen molar-refractivity contribution in [3.63, 3.8) is 0 Å². The Labute approximate surface area is 166 Å². The van der Waals surface area contributed by atoms with Gasteiger partial charge in [-0.25, -0.2) is 4.79 Å². The lowest BCUT2D eigenvalue weighted by molar-refractivity contribution is 0.0295. The maximum atomic E-state index is 12.4. The Hall–Kier alpha value is -2.37. The average Bonchev–Trinajstić information content (AvgIpc) is 3.23. The number of fused-ring (bicyclic) bond motifs is 1. The molecule has 2 unspecified atom stereocenters. The normalized spacial score (nSPS) is 20.6. The van der Waals surface area contributed by atoms with Gasteiger partial charge in [-0.15, -0.1) is 0 Å². The lowest BCUT2D eigenvalue weighted by Gasteiger charge is -2.30. The van der Waals surface area contributed by atoms with Crippen LogP contribution in [0.15, 0.2) is 54.6 Å². The minimum atomic E-state index is -0.665. The molecule has 0 aromatic heterocycles. The van der Waals surface area contributed by atoms with Gasteiger partial charge in [0.25, 0.3) is 0 Å². The van der Waals surface area contributed by atoms with Crippen molar-refractivity contribution in [2.45, 2.75) is 31.4 Å². The standard InChI is InChI=1S/C23H28N2O3/c26-22(16-24-12-10-19-8-4-5-9-20(19)14-24)17-28-23(27)25-13-11-21(15-25)18-6-2-1-3-7-18/h1-9,21-22,26H,10-17H2. The van der Waals surface area contributed by atoms with E-state index in [9.17, 15) is 9.90 Å². The summed E-state index contributed by atoms with van der Waals surface area (Å²) in [5.74, 6) is 0.368. The molecule has 1 fully saturated rings. The summed E-state index contributed by atoms with van der Waals surface area (Å²) < 4.78 is 5.39. The minimum Gasteiger partial charge on any atom is -0.447 e. The van der Waals surface area contributed by atoms with E-state index in [-0.39, 0.29) is 12.7 Å². The third-order valence-electron chi connectivity index (χ3n) is 5.80. The van der Waals surface area contributed by atoms with Gasteiger partial charge in [0.15, 0.2) is 0 Å². The number of nitrogens with zero attached hydrogens (tertiary/aromatic N) is 2. The van der Waals surface area contributed by atoms with Crippen LogP contribution in [0.25, 0.3) is 0 Å². The number of likely N-dealkylation sites (tertiary alicyclic amines) is 1. The zero-order chi connectivity index (χ0) is 19.3. The third-order valence-corrected chi connectivity index (χ3v) is 5.80. The molecule has 28 heavy (non-hydrogen) atoms. The number of benzene rings is 2. The number of β-amino-alcohol motifs (C(OH)–C–C–N with tert-alkyl or cyclic N) is 1. The maximum Gasteiger partial charge on any atom is 0.409 e. The van der Waals surface area contributed by atoms with Crippen LogP contribution in [0.3, 0.4) is 0 Å². The van der Waals surface area contributed by atoms with Crippen LogP contribution in [0, 0.1) is 0 Å². The molecule has 2 aliphatic heterocycles. The van der Waals surface area contributed by atoms with E-state index in [2.05, 4.69) is 41.3 Å². The molecule has 5 heteroatoms. The molecule has 2 aromatic carbocycles. The number of rotatable bonds is 5. The number of aliphatic hydroxyl groups is 1. The van der Waals surface area contributed by atoms with Crippen molar-refractivity contribution in [3.05, 3.63) is 71.3 Å². The quantitative estimate of drug-likeness (QED) is 0.866.